The van der Waals surface area contributed by atoms with Crippen molar-refractivity contribution in [1.82, 2.24) is 0 Å². The van der Waals surface area contributed by atoms with Crippen LogP contribution in [0.1, 0.15) is 26.3 Å². The van der Waals surface area contributed by atoms with Crippen LogP contribution in [0, 0.1) is 17.0 Å². The van der Waals surface area contributed by atoms with Crippen LogP contribution in [0.3, 0.4) is 0 Å². The number of hydrogen-bond donors (Lipinski definition) is 0. The molecule has 0 N–H and O–H groups in total. The van der Waals surface area contributed by atoms with E-state index in [0.717, 1.165) is 6.07 Å². The number of hydrogen-bond acceptors (Lipinski definition) is 6. The fourth-order valence-corrected chi connectivity index (χ4v) is 3.28. The number of nitro groups is 1. The molecular formula is C13H17NO6S. The Balaban J connectivity index is 3.47. The number of aryl methyl sites for hydroxylation is 1. The molecule has 0 bridgehead atoms. The van der Waals surface area contributed by atoms with E-state index >= 15 is 0 Å². The van der Waals surface area contributed by atoms with Crippen LogP contribution in [0.25, 0.3) is 0 Å². The van der Waals surface area contributed by atoms with Crippen molar-refractivity contribution in [3.8, 4) is 0 Å². The fourth-order valence-electron chi connectivity index (χ4n) is 1.68. The summed E-state index contributed by atoms with van der Waals surface area (Å²) in [6.07, 6.45) is 0. The van der Waals surface area contributed by atoms with Gasteiger partial charge in [-0.3, -0.25) is 14.9 Å². The third kappa shape index (κ3) is 3.05. The molecule has 0 atom stereocenters. The first-order valence-corrected chi connectivity index (χ1v) is 7.71. The van der Waals surface area contributed by atoms with Gasteiger partial charge in [0.25, 0.3) is 5.69 Å². The summed E-state index contributed by atoms with van der Waals surface area (Å²) in [6.45, 7) is 5.57. The monoisotopic (exact) mass is 315 g/mol. The van der Waals surface area contributed by atoms with Crippen LogP contribution in [-0.2, 0) is 19.4 Å². The van der Waals surface area contributed by atoms with Gasteiger partial charge in [-0.1, -0.05) is 6.07 Å². The van der Waals surface area contributed by atoms with Gasteiger partial charge in [-0.05, 0) is 33.3 Å². The first-order chi connectivity index (χ1) is 9.55. The van der Waals surface area contributed by atoms with Gasteiger partial charge in [0.2, 0.25) is 0 Å². The molecule has 0 aromatic heterocycles. The van der Waals surface area contributed by atoms with Crippen LogP contribution >= 0.6 is 0 Å². The Morgan fingerprint density at radius 2 is 1.95 bits per heavy atom. The van der Waals surface area contributed by atoms with Gasteiger partial charge in [0.05, 0.1) is 16.4 Å². The molecule has 0 spiro atoms. The van der Waals surface area contributed by atoms with Crippen molar-refractivity contribution in [2.24, 2.45) is 0 Å². The maximum absolute atomic E-state index is 12.6. The molecule has 0 saturated carbocycles. The number of benzene rings is 1. The highest BCUT2D eigenvalue weighted by Crippen LogP contribution is 2.31. The Kier molecular flexibility index (Phi) is 4.72. The first-order valence-electron chi connectivity index (χ1n) is 6.22. The molecule has 1 aromatic rings. The Hall–Kier alpha value is -1.96. The second-order valence-corrected chi connectivity index (χ2v) is 7.41. The number of carbonyl (C=O) groups excluding carboxylic acids is 1. The average Bonchev–Trinajstić information content (AvgIpc) is 2.38. The quantitative estimate of drug-likeness (QED) is 0.468. The van der Waals surface area contributed by atoms with Crippen molar-refractivity contribution in [1.29, 1.82) is 0 Å². The zero-order valence-corrected chi connectivity index (χ0v) is 13.1. The van der Waals surface area contributed by atoms with E-state index in [9.17, 15) is 23.3 Å². The summed E-state index contributed by atoms with van der Waals surface area (Å²) in [5.74, 6) is -0.893. The molecule has 1 aromatic carbocycles. The summed E-state index contributed by atoms with van der Waals surface area (Å²) in [4.78, 5) is 21.8. The van der Waals surface area contributed by atoms with Gasteiger partial charge in [-0.15, -0.1) is 0 Å². The lowest BCUT2D eigenvalue weighted by Crippen LogP contribution is -2.42. The second-order valence-electron chi connectivity index (χ2n) is 4.94. The Labute approximate surface area is 123 Å². The minimum atomic E-state index is -4.13. The van der Waals surface area contributed by atoms with E-state index in [0.29, 0.717) is 5.56 Å². The molecule has 0 radical (unpaired) electrons. The molecule has 0 amide bonds. The molecule has 0 heterocycles. The zero-order chi connectivity index (χ0) is 16.4. The van der Waals surface area contributed by atoms with E-state index in [1.54, 1.807) is 6.92 Å². The molecule has 116 valence electrons. The molecule has 1 rings (SSSR count). The first kappa shape index (κ1) is 17.1. The summed E-state index contributed by atoms with van der Waals surface area (Å²) in [5.41, 5.74) is -0.0168. The Bertz CT molecular complexity index is 678. The van der Waals surface area contributed by atoms with E-state index in [1.165, 1.54) is 32.9 Å². The largest absolute Gasteiger partial charge is 0.465 e. The molecule has 21 heavy (non-hydrogen) atoms. The molecular weight excluding hydrogens is 298 g/mol. The summed E-state index contributed by atoms with van der Waals surface area (Å²) in [6, 6.07) is 3.52. The van der Waals surface area contributed by atoms with Gasteiger partial charge >= 0.3 is 5.97 Å². The third-order valence-electron chi connectivity index (χ3n) is 3.11. The van der Waals surface area contributed by atoms with Crippen molar-refractivity contribution in [2.75, 3.05) is 6.61 Å². The molecule has 0 aliphatic carbocycles. The molecule has 0 fully saturated rings. The molecule has 0 aliphatic rings. The second kappa shape index (κ2) is 5.80. The lowest BCUT2D eigenvalue weighted by atomic mass is 10.2. The van der Waals surface area contributed by atoms with Crippen LogP contribution < -0.4 is 0 Å². The number of non-ortho nitro benzene ring substituents is 1. The number of nitrogens with zero attached hydrogens (tertiary/aromatic N) is 1. The van der Waals surface area contributed by atoms with Gasteiger partial charge in [-0.2, -0.15) is 0 Å². The van der Waals surface area contributed by atoms with Crippen molar-refractivity contribution in [3.05, 3.63) is 33.9 Å². The van der Waals surface area contributed by atoms with Gasteiger partial charge in [0, 0.05) is 12.1 Å². The summed E-state index contributed by atoms with van der Waals surface area (Å²) >= 11 is 0. The van der Waals surface area contributed by atoms with Crippen LogP contribution in [0.4, 0.5) is 5.69 Å². The zero-order valence-electron chi connectivity index (χ0n) is 12.2. The van der Waals surface area contributed by atoms with Crippen molar-refractivity contribution in [2.45, 2.75) is 37.3 Å². The number of ether oxygens (including phenoxy) is 1. The van der Waals surface area contributed by atoms with E-state index < -0.39 is 25.5 Å². The lowest BCUT2D eigenvalue weighted by molar-refractivity contribution is -0.385. The minimum Gasteiger partial charge on any atom is -0.465 e. The SMILES string of the molecule is CCOC(=O)C(C)(C)S(=O)(=O)c1cc([N+](=O)[O-])ccc1C. The molecule has 0 aliphatic heterocycles. The standard InChI is InChI=1S/C13H17NO6S/c1-5-20-12(15)13(3,4)21(18,19)11-8-10(14(16)17)7-6-9(11)2/h6-8H,5H2,1-4H3. The van der Waals surface area contributed by atoms with E-state index in [1.807, 2.05) is 0 Å². The summed E-state index contributed by atoms with van der Waals surface area (Å²) in [5, 5.41) is 10.8. The smallest absolute Gasteiger partial charge is 0.327 e. The normalized spacial score (nSPS) is 12.0. The van der Waals surface area contributed by atoms with E-state index in [4.69, 9.17) is 4.74 Å². The van der Waals surface area contributed by atoms with Gasteiger partial charge in [0.1, 0.15) is 0 Å². The Morgan fingerprint density at radius 1 is 1.38 bits per heavy atom. The van der Waals surface area contributed by atoms with Crippen molar-refractivity contribution >= 4 is 21.5 Å². The average molecular weight is 315 g/mol. The molecule has 8 heteroatoms. The van der Waals surface area contributed by atoms with E-state index in [-0.39, 0.29) is 17.2 Å². The molecule has 0 saturated heterocycles. The summed E-state index contributed by atoms with van der Waals surface area (Å²) < 4.78 is 28.2. The predicted molar refractivity (Wildman–Crippen MR) is 75.7 cm³/mol. The minimum absolute atomic E-state index is 0.0473. The van der Waals surface area contributed by atoms with Crippen molar-refractivity contribution < 1.29 is 22.9 Å². The van der Waals surface area contributed by atoms with Crippen molar-refractivity contribution in [3.63, 3.8) is 0 Å². The number of nitro benzene ring substituents is 1. The number of carbonyl (C=O) groups is 1. The number of sulfone groups is 1. The number of esters is 1. The van der Waals surface area contributed by atoms with Gasteiger partial charge in [0.15, 0.2) is 14.6 Å². The molecule has 0 unspecified atom stereocenters. The fraction of sp³-hybridized carbons (Fsp3) is 0.462. The van der Waals surface area contributed by atoms with Crippen LogP contribution in [0.15, 0.2) is 23.1 Å². The lowest BCUT2D eigenvalue weighted by Gasteiger charge is -2.23. The third-order valence-corrected chi connectivity index (χ3v) is 5.64. The predicted octanol–water partition coefficient (Wildman–Crippen LogP) is 2.02. The maximum Gasteiger partial charge on any atom is 0.327 e. The summed E-state index contributed by atoms with van der Waals surface area (Å²) in [7, 11) is -4.13. The van der Waals surface area contributed by atoms with E-state index in [2.05, 4.69) is 0 Å². The highest BCUT2D eigenvalue weighted by atomic mass is 32.2. The molecule has 7 nitrogen and oxygen atoms in total. The topological polar surface area (TPSA) is 104 Å². The Morgan fingerprint density at radius 3 is 2.43 bits per heavy atom. The van der Waals surface area contributed by atoms with Gasteiger partial charge in [-0.25, -0.2) is 8.42 Å². The number of rotatable bonds is 5. The highest BCUT2D eigenvalue weighted by molar-refractivity contribution is 7.93. The van der Waals surface area contributed by atoms with Crippen LogP contribution in [0.2, 0.25) is 0 Å². The van der Waals surface area contributed by atoms with Crippen LogP contribution in [0.5, 0.6) is 0 Å². The highest BCUT2D eigenvalue weighted by Gasteiger charge is 2.45. The van der Waals surface area contributed by atoms with Gasteiger partial charge < -0.3 is 4.74 Å². The maximum atomic E-state index is 12.6. The van der Waals surface area contributed by atoms with Crippen LogP contribution in [-0.4, -0.2) is 30.7 Å².